The van der Waals surface area contributed by atoms with E-state index in [1.807, 2.05) is 0 Å². The van der Waals surface area contributed by atoms with Gasteiger partial charge in [0.25, 0.3) is 0 Å². The fourth-order valence-electron chi connectivity index (χ4n) is 5.32. The van der Waals surface area contributed by atoms with E-state index in [2.05, 4.69) is 13.2 Å². The third kappa shape index (κ3) is 6.49. The Morgan fingerprint density at radius 2 is 1.32 bits per heavy atom. The molecule has 0 bridgehead atoms. The molecule has 0 aromatic heterocycles. The maximum absolute atomic E-state index is 11.9. The van der Waals surface area contributed by atoms with Gasteiger partial charge in [0.05, 0.1) is 13.2 Å². The molecule has 4 nitrogen and oxygen atoms in total. The molecule has 28 heavy (non-hydrogen) atoms. The Balaban J connectivity index is 2.30. The molecule has 0 aromatic carbocycles. The molecule has 0 N–H and O–H groups in total. The van der Waals surface area contributed by atoms with Gasteiger partial charge in [-0.3, -0.25) is 0 Å². The lowest BCUT2D eigenvalue weighted by Crippen LogP contribution is -2.46. The first-order chi connectivity index (χ1) is 13.6. The summed E-state index contributed by atoms with van der Waals surface area (Å²) in [5.74, 6) is 0.0144. The van der Waals surface area contributed by atoms with Crippen molar-refractivity contribution in [3.05, 3.63) is 25.3 Å². The molecule has 158 valence electrons. The van der Waals surface area contributed by atoms with Crippen molar-refractivity contribution in [2.24, 2.45) is 17.3 Å². The van der Waals surface area contributed by atoms with E-state index < -0.39 is 0 Å². The van der Waals surface area contributed by atoms with Crippen LogP contribution in [0.4, 0.5) is 0 Å². The van der Waals surface area contributed by atoms with E-state index in [1.165, 1.54) is 69.9 Å². The molecule has 4 heteroatoms. The molecule has 0 heterocycles. The van der Waals surface area contributed by atoms with Crippen LogP contribution in [0.1, 0.15) is 83.5 Å². The average Bonchev–Trinajstić information content (AvgIpc) is 2.66. The quantitative estimate of drug-likeness (QED) is 0.409. The maximum Gasteiger partial charge on any atom is 0.330 e. The zero-order chi connectivity index (χ0) is 20.2. The van der Waals surface area contributed by atoms with Crippen LogP contribution in [0.3, 0.4) is 0 Å². The molecule has 0 aromatic rings. The van der Waals surface area contributed by atoms with Gasteiger partial charge in [0.2, 0.25) is 0 Å². The van der Waals surface area contributed by atoms with Gasteiger partial charge < -0.3 is 9.47 Å². The monoisotopic (exact) mass is 390 g/mol. The Morgan fingerprint density at radius 3 is 1.96 bits per heavy atom. The normalized spacial score (nSPS) is 27.4. The van der Waals surface area contributed by atoms with E-state index in [1.54, 1.807) is 0 Å². The lowest BCUT2D eigenvalue weighted by atomic mass is 9.59. The van der Waals surface area contributed by atoms with E-state index in [-0.39, 0.29) is 23.3 Å². The van der Waals surface area contributed by atoms with Crippen molar-refractivity contribution in [1.29, 1.82) is 0 Å². The SMILES string of the molecule is C=CC(=O)OCC1CCCCCCC1(COC(=O)C=C)C1CCCCCCC1. The van der Waals surface area contributed by atoms with Crippen LogP contribution >= 0.6 is 0 Å². The van der Waals surface area contributed by atoms with Crippen molar-refractivity contribution < 1.29 is 19.1 Å². The fourth-order valence-corrected chi connectivity index (χ4v) is 5.32. The molecular weight excluding hydrogens is 352 g/mol. The number of carbonyl (C=O) groups is 2. The van der Waals surface area contributed by atoms with Crippen LogP contribution in [-0.4, -0.2) is 25.2 Å². The summed E-state index contributed by atoms with van der Waals surface area (Å²) in [5, 5.41) is 0. The standard InChI is InChI=1S/C24H38O4/c1-3-22(25)27-18-21-16-12-8-9-13-17-24(21,19-28-23(26)4-2)20-14-10-6-5-7-11-15-20/h3-4,20-21H,1-2,5-19H2. The van der Waals surface area contributed by atoms with Crippen LogP contribution in [0.15, 0.2) is 25.3 Å². The first-order valence-corrected chi connectivity index (χ1v) is 11.2. The molecule has 0 saturated heterocycles. The summed E-state index contributed by atoms with van der Waals surface area (Å²) >= 11 is 0. The minimum Gasteiger partial charge on any atom is -0.462 e. The smallest absolute Gasteiger partial charge is 0.330 e. The van der Waals surface area contributed by atoms with Gasteiger partial charge >= 0.3 is 11.9 Å². The highest BCUT2D eigenvalue weighted by Gasteiger charge is 2.46. The number of hydrogen-bond acceptors (Lipinski definition) is 4. The lowest BCUT2D eigenvalue weighted by Gasteiger charge is -2.47. The Hall–Kier alpha value is -1.58. The van der Waals surface area contributed by atoms with E-state index in [0.717, 1.165) is 25.7 Å². The summed E-state index contributed by atoms with van der Waals surface area (Å²) in [4.78, 5) is 23.7. The molecular formula is C24H38O4. The average molecular weight is 391 g/mol. The molecule has 0 aliphatic heterocycles. The zero-order valence-electron chi connectivity index (χ0n) is 17.5. The van der Waals surface area contributed by atoms with E-state index in [4.69, 9.17) is 9.47 Å². The van der Waals surface area contributed by atoms with Crippen LogP contribution in [0.2, 0.25) is 0 Å². The first kappa shape index (κ1) is 22.7. The van der Waals surface area contributed by atoms with Gasteiger partial charge in [-0.05, 0) is 31.6 Å². The summed E-state index contributed by atoms with van der Waals surface area (Å²) in [6, 6.07) is 0. The van der Waals surface area contributed by atoms with Gasteiger partial charge in [-0.15, -0.1) is 0 Å². The molecule has 2 aliphatic carbocycles. The number of esters is 2. The summed E-state index contributed by atoms with van der Waals surface area (Å²) in [5.41, 5.74) is -0.113. The molecule has 2 atom stereocenters. The molecule has 2 fully saturated rings. The Morgan fingerprint density at radius 1 is 0.786 bits per heavy atom. The first-order valence-electron chi connectivity index (χ1n) is 11.2. The highest BCUT2D eigenvalue weighted by atomic mass is 16.5. The van der Waals surface area contributed by atoms with Crippen LogP contribution in [0.25, 0.3) is 0 Å². The van der Waals surface area contributed by atoms with Gasteiger partial charge in [0.1, 0.15) is 0 Å². The van der Waals surface area contributed by atoms with Crippen LogP contribution in [0, 0.1) is 17.3 Å². The van der Waals surface area contributed by atoms with Gasteiger partial charge in [-0.2, -0.15) is 0 Å². The molecule has 2 rings (SSSR count). The lowest BCUT2D eigenvalue weighted by molar-refractivity contribution is -0.153. The number of ether oxygens (including phenoxy) is 2. The highest BCUT2D eigenvalue weighted by molar-refractivity contribution is 5.81. The topological polar surface area (TPSA) is 52.6 Å². The maximum atomic E-state index is 11.9. The minimum atomic E-state index is -0.364. The minimum absolute atomic E-state index is 0.113. The van der Waals surface area contributed by atoms with Gasteiger partial charge in [-0.25, -0.2) is 9.59 Å². The summed E-state index contributed by atoms with van der Waals surface area (Å²) in [6.07, 6.45) is 18.0. The van der Waals surface area contributed by atoms with Crippen molar-refractivity contribution in [3.8, 4) is 0 Å². The van der Waals surface area contributed by atoms with Gasteiger partial charge in [0, 0.05) is 23.5 Å². The highest BCUT2D eigenvalue weighted by Crippen LogP contribution is 2.49. The Labute approximate surface area is 170 Å². The van der Waals surface area contributed by atoms with Crippen LogP contribution in [-0.2, 0) is 19.1 Å². The molecule has 2 unspecified atom stereocenters. The fraction of sp³-hybridized carbons (Fsp3) is 0.750. The van der Waals surface area contributed by atoms with E-state index in [9.17, 15) is 9.59 Å². The predicted molar refractivity (Wildman–Crippen MR) is 112 cm³/mol. The third-order valence-corrected chi connectivity index (χ3v) is 6.92. The number of rotatable bonds is 7. The molecule has 0 radical (unpaired) electrons. The van der Waals surface area contributed by atoms with Gasteiger partial charge in [-0.1, -0.05) is 70.9 Å². The Kier molecular flexibility index (Phi) is 9.80. The molecule has 2 saturated carbocycles. The van der Waals surface area contributed by atoms with Crippen molar-refractivity contribution in [1.82, 2.24) is 0 Å². The summed E-state index contributed by atoms with van der Waals surface area (Å²) < 4.78 is 11.2. The van der Waals surface area contributed by atoms with Crippen LogP contribution < -0.4 is 0 Å². The summed E-state index contributed by atoms with van der Waals surface area (Å²) in [7, 11) is 0. The van der Waals surface area contributed by atoms with Crippen molar-refractivity contribution in [2.75, 3.05) is 13.2 Å². The molecule has 0 spiro atoms. The Bertz CT molecular complexity index is 519. The second-order valence-electron chi connectivity index (χ2n) is 8.57. The molecule has 2 aliphatic rings. The number of hydrogen-bond donors (Lipinski definition) is 0. The van der Waals surface area contributed by atoms with Crippen molar-refractivity contribution >= 4 is 11.9 Å². The predicted octanol–water partition coefficient (Wildman–Crippen LogP) is 5.76. The number of carbonyl (C=O) groups excluding carboxylic acids is 2. The van der Waals surface area contributed by atoms with Gasteiger partial charge in [0.15, 0.2) is 0 Å². The van der Waals surface area contributed by atoms with Crippen molar-refractivity contribution in [3.63, 3.8) is 0 Å². The third-order valence-electron chi connectivity index (χ3n) is 6.92. The molecule has 0 amide bonds. The van der Waals surface area contributed by atoms with E-state index >= 15 is 0 Å². The van der Waals surface area contributed by atoms with Crippen molar-refractivity contribution in [2.45, 2.75) is 83.5 Å². The summed E-state index contributed by atoms with van der Waals surface area (Å²) in [6.45, 7) is 7.89. The zero-order valence-corrected chi connectivity index (χ0v) is 17.5. The van der Waals surface area contributed by atoms with E-state index in [0.29, 0.717) is 19.1 Å². The second kappa shape index (κ2) is 12.1. The van der Waals surface area contributed by atoms with Crippen LogP contribution in [0.5, 0.6) is 0 Å². The second-order valence-corrected chi connectivity index (χ2v) is 8.57. The largest absolute Gasteiger partial charge is 0.462 e.